The molecule has 2 fully saturated rings. The van der Waals surface area contributed by atoms with Crippen molar-refractivity contribution < 1.29 is 9.47 Å². The number of fused-ring (bicyclic) bond motifs is 3. The molecule has 0 amide bonds. The van der Waals surface area contributed by atoms with Crippen LogP contribution in [0, 0.1) is 17.8 Å². The maximum atomic E-state index is 6.08. The quantitative estimate of drug-likeness (QED) is 0.738. The number of rotatable bonds is 6. The van der Waals surface area contributed by atoms with Gasteiger partial charge in [0, 0.05) is 19.1 Å². The van der Waals surface area contributed by atoms with Gasteiger partial charge >= 0.3 is 0 Å². The molecule has 0 radical (unpaired) electrons. The minimum Gasteiger partial charge on any atom is -0.493 e. The summed E-state index contributed by atoms with van der Waals surface area (Å²) in [6, 6.07) is 5.13. The first-order valence-corrected chi connectivity index (χ1v) is 10.2. The highest BCUT2D eigenvalue weighted by Crippen LogP contribution is 2.44. The van der Waals surface area contributed by atoms with E-state index in [1.165, 1.54) is 56.3 Å². The predicted octanol–water partition coefficient (Wildman–Crippen LogP) is 4.84. The van der Waals surface area contributed by atoms with Crippen LogP contribution < -0.4 is 9.47 Å². The van der Waals surface area contributed by atoms with E-state index in [2.05, 4.69) is 30.9 Å². The summed E-state index contributed by atoms with van der Waals surface area (Å²) < 4.78 is 11.8. The van der Waals surface area contributed by atoms with Crippen molar-refractivity contribution in [3.8, 4) is 11.5 Å². The van der Waals surface area contributed by atoms with Crippen LogP contribution in [-0.2, 0) is 6.42 Å². The van der Waals surface area contributed by atoms with E-state index in [4.69, 9.17) is 9.47 Å². The van der Waals surface area contributed by atoms with Crippen LogP contribution in [0.15, 0.2) is 12.1 Å². The highest BCUT2D eigenvalue weighted by molar-refractivity contribution is 5.49. The number of nitrogens with zero attached hydrogens (tertiary/aromatic N) is 1. The maximum absolute atomic E-state index is 6.08. The Balaban J connectivity index is 1.51. The third-order valence-corrected chi connectivity index (χ3v) is 6.21. The van der Waals surface area contributed by atoms with Crippen LogP contribution in [0.3, 0.4) is 0 Å². The summed E-state index contributed by atoms with van der Waals surface area (Å²) >= 11 is 0. The average Bonchev–Trinajstić information content (AvgIpc) is 3.42. The fraction of sp³-hybridized carbons (Fsp3) is 0.727. The molecule has 1 aliphatic carbocycles. The summed E-state index contributed by atoms with van der Waals surface area (Å²) in [4.78, 5) is 2.73. The minimum absolute atomic E-state index is 0.582. The molecule has 0 aromatic heterocycles. The average molecular weight is 344 g/mol. The van der Waals surface area contributed by atoms with E-state index in [0.717, 1.165) is 42.3 Å². The number of piperidine rings is 1. The Morgan fingerprint density at radius 1 is 1.08 bits per heavy atom. The zero-order valence-corrected chi connectivity index (χ0v) is 16.1. The van der Waals surface area contributed by atoms with Crippen LogP contribution in [0.4, 0.5) is 0 Å². The SMILES string of the molecule is COc1cc2c(cc1OCC1CC1)CCN1CC(CC(C)C)CCC21. The molecule has 1 aromatic rings. The van der Waals surface area contributed by atoms with Crippen molar-refractivity contribution in [2.75, 3.05) is 26.8 Å². The van der Waals surface area contributed by atoms with Gasteiger partial charge in [-0.25, -0.2) is 0 Å². The van der Waals surface area contributed by atoms with E-state index in [-0.39, 0.29) is 0 Å². The van der Waals surface area contributed by atoms with E-state index in [0.29, 0.717) is 6.04 Å². The van der Waals surface area contributed by atoms with Gasteiger partial charge in [-0.15, -0.1) is 0 Å². The fourth-order valence-corrected chi connectivity index (χ4v) is 4.76. The lowest BCUT2D eigenvalue weighted by atomic mass is 9.81. The van der Waals surface area contributed by atoms with Crippen molar-refractivity contribution >= 4 is 0 Å². The third-order valence-electron chi connectivity index (χ3n) is 6.21. The van der Waals surface area contributed by atoms with Crippen molar-refractivity contribution in [2.45, 2.75) is 58.4 Å². The lowest BCUT2D eigenvalue weighted by Gasteiger charge is -2.44. The second-order valence-electron chi connectivity index (χ2n) is 8.79. The summed E-state index contributed by atoms with van der Waals surface area (Å²) in [5, 5.41) is 0. The first-order valence-electron chi connectivity index (χ1n) is 10.2. The molecule has 1 aromatic carbocycles. The van der Waals surface area contributed by atoms with Crippen LogP contribution in [0.5, 0.6) is 11.5 Å². The molecule has 1 saturated heterocycles. The van der Waals surface area contributed by atoms with Crippen molar-refractivity contribution in [3.63, 3.8) is 0 Å². The van der Waals surface area contributed by atoms with Gasteiger partial charge in [-0.3, -0.25) is 4.90 Å². The Hall–Kier alpha value is -1.22. The molecule has 3 aliphatic rings. The number of hydrogen-bond acceptors (Lipinski definition) is 3. The first kappa shape index (κ1) is 17.2. The van der Waals surface area contributed by atoms with E-state index >= 15 is 0 Å². The predicted molar refractivity (Wildman–Crippen MR) is 101 cm³/mol. The molecule has 3 nitrogen and oxygen atoms in total. The lowest BCUT2D eigenvalue weighted by Crippen LogP contribution is -2.42. The summed E-state index contributed by atoms with van der Waals surface area (Å²) in [7, 11) is 1.77. The molecule has 0 N–H and O–H groups in total. The molecule has 2 heterocycles. The van der Waals surface area contributed by atoms with Crippen LogP contribution >= 0.6 is 0 Å². The van der Waals surface area contributed by atoms with Gasteiger partial charge in [0.1, 0.15) is 0 Å². The molecule has 138 valence electrons. The van der Waals surface area contributed by atoms with E-state index in [1.807, 2.05) is 0 Å². The maximum Gasteiger partial charge on any atom is 0.161 e. The number of ether oxygens (including phenoxy) is 2. The molecule has 2 aliphatic heterocycles. The van der Waals surface area contributed by atoms with Gasteiger partial charge in [-0.1, -0.05) is 13.8 Å². The molecule has 0 spiro atoms. The van der Waals surface area contributed by atoms with Crippen LogP contribution in [0.25, 0.3) is 0 Å². The van der Waals surface area contributed by atoms with E-state index in [9.17, 15) is 0 Å². The largest absolute Gasteiger partial charge is 0.493 e. The summed E-state index contributed by atoms with van der Waals surface area (Å²) in [5.41, 5.74) is 2.97. The lowest BCUT2D eigenvalue weighted by molar-refractivity contribution is 0.0893. The van der Waals surface area contributed by atoms with Crippen molar-refractivity contribution in [1.82, 2.24) is 4.90 Å². The highest BCUT2D eigenvalue weighted by atomic mass is 16.5. The topological polar surface area (TPSA) is 21.7 Å². The van der Waals surface area contributed by atoms with Gasteiger partial charge in [-0.2, -0.15) is 0 Å². The summed E-state index contributed by atoms with van der Waals surface area (Å²) in [5.74, 6) is 4.33. The van der Waals surface area contributed by atoms with Gasteiger partial charge < -0.3 is 9.47 Å². The second-order valence-corrected chi connectivity index (χ2v) is 8.79. The number of methoxy groups -OCH3 is 1. The fourth-order valence-electron chi connectivity index (χ4n) is 4.76. The Morgan fingerprint density at radius 3 is 2.60 bits per heavy atom. The zero-order chi connectivity index (χ0) is 17.4. The summed E-state index contributed by atoms with van der Waals surface area (Å²) in [6.07, 6.45) is 7.80. The number of hydrogen-bond donors (Lipinski definition) is 0. The van der Waals surface area contributed by atoms with Crippen LogP contribution in [0.2, 0.25) is 0 Å². The van der Waals surface area contributed by atoms with E-state index < -0.39 is 0 Å². The molecule has 2 atom stereocenters. The second kappa shape index (κ2) is 7.19. The monoisotopic (exact) mass is 343 g/mol. The highest BCUT2D eigenvalue weighted by Gasteiger charge is 2.34. The molecule has 25 heavy (non-hydrogen) atoms. The van der Waals surface area contributed by atoms with Crippen LogP contribution in [-0.4, -0.2) is 31.7 Å². The normalized spacial score (nSPS) is 26.2. The first-order chi connectivity index (χ1) is 12.1. The molecule has 1 saturated carbocycles. The molecule has 2 unspecified atom stereocenters. The molecular weight excluding hydrogens is 310 g/mol. The smallest absolute Gasteiger partial charge is 0.161 e. The zero-order valence-electron chi connectivity index (χ0n) is 16.1. The van der Waals surface area contributed by atoms with Gasteiger partial charge in [-0.05, 0) is 79.5 Å². The Kier molecular flexibility index (Phi) is 4.95. The molecule has 0 bridgehead atoms. The Bertz CT molecular complexity index is 608. The van der Waals surface area contributed by atoms with Gasteiger partial charge in [0.25, 0.3) is 0 Å². The number of benzene rings is 1. The van der Waals surface area contributed by atoms with Gasteiger partial charge in [0.05, 0.1) is 13.7 Å². The van der Waals surface area contributed by atoms with E-state index in [1.54, 1.807) is 7.11 Å². The Labute approximate surface area is 152 Å². The molecule has 4 rings (SSSR count). The van der Waals surface area contributed by atoms with Gasteiger partial charge in [0.15, 0.2) is 11.5 Å². The molecular formula is C22H33NO2. The van der Waals surface area contributed by atoms with Crippen molar-refractivity contribution in [2.24, 2.45) is 17.8 Å². The van der Waals surface area contributed by atoms with Crippen LogP contribution in [0.1, 0.15) is 63.1 Å². The third kappa shape index (κ3) is 3.81. The molecule has 3 heteroatoms. The standard InChI is InChI=1S/C22H33NO2/c1-15(2)10-17-6-7-20-19-12-21(24-3)22(25-14-16-4-5-16)11-18(19)8-9-23(20)13-17/h11-12,15-17,20H,4-10,13-14H2,1-3H3. The summed E-state index contributed by atoms with van der Waals surface area (Å²) in [6.45, 7) is 8.02. The van der Waals surface area contributed by atoms with Gasteiger partial charge in [0.2, 0.25) is 0 Å². The van der Waals surface area contributed by atoms with Crippen molar-refractivity contribution in [1.29, 1.82) is 0 Å². The minimum atomic E-state index is 0.582. The Morgan fingerprint density at radius 2 is 1.88 bits per heavy atom. The van der Waals surface area contributed by atoms with Crippen molar-refractivity contribution in [3.05, 3.63) is 23.3 Å².